The van der Waals surface area contributed by atoms with Crippen LogP contribution >= 0.6 is 0 Å². The van der Waals surface area contributed by atoms with Crippen molar-refractivity contribution in [1.82, 2.24) is 4.98 Å². The van der Waals surface area contributed by atoms with Crippen molar-refractivity contribution < 1.29 is 8.42 Å². The summed E-state index contributed by atoms with van der Waals surface area (Å²) >= 11 is 0. The Morgan fingerprint density at radius 1 is 1.05 bits per heavy atom. The smallest absolute Gasteiger partial charge is 0.232 e. The van der Waals surface area contributed by atoms with Crippen molar-refractivity contribution in [3.63, 3.8) is 0 Å². The van der Waals surface area contributed by atoms with Gasteiger partial charge in [-0.2, -0.15) is 0 Å². The average molecular weight is 319 g/mol. The molecular formula is C16H21N3O2S. The number of pyridine rings is 1. The summed E-state index contributed by atoms with van der Waals surface area (Å²) in [5.74, 6) is 0.156. The largest absolute Gasteiger partial charge is 0.379 e. The summed E-state index contributed by atoms with van der Waals surface area (Å²) in [6.07, 6.45) is 3.28. The van der Waals surface area contributed by atoms with Crippen molar-refractivity contribution in [1.29, 1.82) is 0 Å². The van der Waals surface area contributed by atoms with E-state index in [-0.39, 0.29) is 5.75 Å². The van der Waals surface area contributed by atoms with Crippen LogP contribution in [0.1, 0.15) is 25.5 Å². The summed E-state index contributed by atoms with van der Waals surface area (Å²) in [6.45, 7) is 2.60. The molecule has 2 N–H and O–H groups in total. The van der Waals surface area contributed by atoms with Gasteiger partial charge in [0.15, 0.2) is 0 Å². The highest BCUT2D eigenvalue weighted by Crippen LogP contribution is 2.16. The Hall–Kier alpha value is -2.08. The molecule has 1 aromatic carbocycles. The molecule has 0 fully saturated rings. The van der Waals surface area contributed by atoms with Gasteiger partial charge in [-0.05, 0) is 42.8 Å². The Bertz CT molecular complexity index is 670. The van der Waals surface area contributed by atoms with Crippen LogP contribution in [0.3, 0.4) is 0 Å². The maximum atomic E-state index is 11.8. The molecule has 0 radical (unpaired) electrons. The molecule has 22 heavy (non-hydrogen) atoms. The number of hydrogen-bond acceptors (Lipinski definition) is 4. The van der Waals surface area contributed by atoms with Gasteiger partial charge in [0.25, 0.3) is 0 Å². The minimum Gasteiger partial charge on any atom is -0.379 e. The lowest BCUT2D eigenvalue weighted by atomic mass is 10.3. The molecule has 0 aliphatic carbocycles. The van der Waals surface area contributed by atoms with Crippen molar-refractivity contribution in [3.8, 4) is 0 Å². The number of hydrogen-bond donors (Lipinski definition) is 2. The summed E-state index contributed by atoms with van der Waals surface area (Å²) in [6, 6.07) is 13.0. The van der Waals surface area contributed by atoms with E-state index in [0.717, 1.165) is 17.8 Å². The van der Waals surface area contributed by atoms with Crippen LogP contribution in [-0.4, -0.2) is 19.2 Å². The normalized spacial score (nSPS) is 11.1. The van der Waals surface area contributed by atoms with E-state index in [1.165, 1.54) is 0 Å². The van der Waals surface area contributed by atoms with E-state index in [1.54, 1.807) is 18.3 Å². The molecule has 0 aliphatic heterocycles. The minimum atomic E-state index is -3.25. The molecule has 2 aromatic rings. The van der Waals surface area contributed by atoms with Gasteiger partial charge in [-0.1, -0.05) is 19.4 Å². The molecule has 2 rings (SSSR count). The number of nitrogens with one attached hydrogen (secondary N) is 2. The van der Waals surface area contributed by atoms with Gasteiger partial charge in [0.1, 0.15) is 0 Å². The molecule has 0 aliphatic rings. The minimum absolute atomic E-state index is 0.156. The Morgan fingerprint density at radius 3 is 2.41 bits per heavy atom. The molecule has 1 aromatic heterocycles. The number of sulfonamides is 1. The summed E-state index contributed by atoms with van der Waals surface area (Å²) in [4.78, 5) is 4.23. The zero-order valence-corrected chi connectivity index (χ0v) is 13.4. The van der Waals surface area contributed by atoms with Crippen molar-refractivity contribution in [2.45, 2.75) is 26.3 Å². The van der Waals surface area contributed by atoms with Crippen molar-refractivity contribution in [2.75, 3.05) is 15.8 Å². The Balaban J connectivity index is 1.90. The van der Waals surface area contributed by atoms with Crippen LogP contribution < -0.4 is 10.0 Å². The van der Waals surface area contributed by atoms with E-state index in [4.69, 9.17) is 0 Å². The van der Waals surface area contributed by atoms with Gasteiger partial charge in [0.2, 0.25) is 10.0 Å². The average Bonchev–Trinajstić information content (AvgIpc) is 2.53. The number of benzene rings is 1. The highest BCUT2D eigenvalue weighted by Gasteiger charge is 2.09. The standard InChI is InChI=1S/C16H21N3O2S/c1-2-3-12-22(20,21)19-15-9-7-14(8-10-15)18-13-16-6-4-5-11-17-16/h4-11,18-19H,2-3,12-13H2,1H3. The fourth-order valence-corrected chi connectivity index (χ4v) is 3.18. The van der Waals surface area contributed by atoms with E-state index in [0.29, 0.717) is 18.7 Å². The molecule has 0 unspecified atom stereocenters. The summed E-state index contributed by atoms with van der Waals surface area (Å²) in [7, 11) is -3.25. The van der Waals surface area contributed by atoms with Gasteiger partial charge in [-0.25, -0.2) is 8.42 Å². The SMILES string of the molecule is CCCCS(=O)(=O)Nc1ccc(NCc2ccccn2)cc1. The predicted octanol–water partition coefficient (Wildman–Crippen LogP) is 3.24. The second kappa shape index (κ2) is 7.79. The lowest BCUT2D eigenvalue weighted by molar-refractivity contribution is 0.598. The topological polar surface area (TPSA) is 71.1 Å². The fraction of sp³-hybridized carbons (Fsp3) is 0.312. The zero-order chi connectivity index (χ0) is 15.8. The second-order valence-electron chi connectivity index (χ2n) is 5.03. The Kier molecular flexibility index (Phi) is 5.77. The second-order valence-corrected chi connectivity index (χ2v) is 6.87. The summed E-state index contributed by atoms with van der Waals surface area (Å²) in [5, 5.41) is 3.25. The van der Waals surface area contributed by atoms with Gasteiger partial charge in [0, 0.05) is 17.6 Å². The first-order valence-corrected chi connectivity index (χ1v) is 8.98. The Labute approximate surface area is 131 Å². The van der Waals surface area contributed by atoms with Gasteiger partial charge in [-0.3, -0.25) is 9.71 Å². The first kappa shape index (κ1) is 16.3. The molecule has 0 saturated heterocycles. The first-order valence-electron chi connectivity index (χ1n) is 7.33. The van der Waals surface area contributed by atoms with Crippen molar-refractivity contribution in [2.24, 2.45) is 0 Å². The number of rotatable bonds is 8. The quantitative estimate of drug-likeness (QED) is 0.783. The zero-order valence-electron chi connectivity index (χ0n) is 12.6. The molecule has 1 heterocycles. The van der Waals surface area contributed by atoms with E-state index in [9.17, 15) is 8.42 Å². The number of unbranched alkanes of at least 4 members (excludes halogenated alkanes) is 1. The summed E-state index contributed by atoms with van der Waals surface area (Å²) in [5.41, 5.74) is 2.45. The molecule has 0 spiro atoms. The summed E-state index contributed by atoms with van der Waals surface area (Å²) < 4.78 is 26.2. The number of anilines is 2. The lowest BCUT2D eigenvalue weighted by Crippen LogP contribution is -2.16. The van der Waals surface area contributed by atoms with Gasteiger partial charge < -0.3 is 5.32 Å². The third-order valence-electron chi connectivity index (χ3n) is 3.12. The van der Waals surface area contributed by atoms with Crippen LogP contribution in [0.4, 0.5) is 11.4 Å². The van der Waals surface area contributed by atoms with Gasteiger partial charge in [0.05, 0.1) is 18.0 Å². The maximum Gasteiger partial charge on any atom is 0.232 e. The van der Waals surface area contributed by atoms with Crippen LogP contribution in [-0.2, 0) is 16.6 Å². The fourth-order valence-electron chi connectivity index (χ4n) is 1.92. The predicted molar refractivity (Wildman–Crippen MR) is 90.3 cm³/mol. The monoisotopic (exact) mass is 319 g/mol. The maximum absolute atomic E-state index is 11.8. The number of aromatic nitrogens is 1. The van der Waals surface area contributed by atoms with Crippen LogP contribution in [0, 0.1) is 0 Å². The van der Waals surface area contributed by atoms with Gasteiger partial charge >= 0.3 is 0 Å². The molecule has 5 nitrogen and oxygen atoms in total. The highest BCUT2D eigenvalue weighted by molar-refractivity contribution is 7.92. The molecule has 6 heteroatoms. The third kappa shape index (κ3) is 5.37. The Morgan fingerprint density at radius 2 is 1.77 bits per heavy atom. The van der Waals surface area contributed by atoms with E-state index in [1.807, 2.05) is 37.3 Å². The molecule has 0 saturated carbocycles. The van der Waals surface area contributed by atoms with E-state index >= 15 is 0 Å². The van der Waals surface area contributed by atoms with E-state index < -0.39 is 10.0 Å². The molecule has 118 valence electrons. The van der Waals surface area contributed by atoms with Crippen LogP contribution in [0.5, 0.6) is 0 Å². The molecule has 0 amide bonds. The first-order chi connectivity index (χ1) is 10.6. The van der Waals surface area contributed by atoms with Crippen LogP contribution in [0.15, 0.2) is 48.7 Å². The van der Waals surface area contributed by atoms with Crippen molar-refractivity contribution >= 4 is 21.4 Å². The van der Waals surface area contributed by atoms with Gasteiger partial charge in [-0.15, -0.1) is 0 Å². The van der Waals surface area contributed by atoms with Crippen LogP contribution in [0.25, 0.3) is 0 Å². The highest BCUT2D eigenvalue weighted by atomic mass is 32.2. The number of nitrogens with zero attached hydrogens (tertiary/aromatic N) is 1. The van der Waals surface area contributed by atoms with Crippen molar-refractivity contribution in [3.05, 3.63) is 54.4 Å². The molecule has 0 atom stereocenters. The van der Waals surface area contributed by atoms with Crippen LogP contribution in [0.2, 0.25) is 0 Å². The molecule has 0 bridgehead atoms. The third-order valence-corrected chi connectivity index (χ3v) is 4.50. The molecular weight excluding hydrogens is 298 g/mol. The lowest BCUT2D eigenvalue weighted by Gasteiger charge is -2.09. The van der Waals surface area contributed by atoms with E-state index in [2.05, 4.69) is 15.0 Å².